The predicted octanol–water partition coefficient (Wildman–Crippen LogP) is 3.08. The Kier molecular flexibility index (Phi) is 6.47. The molecule has 0 spiro atoms. The highest BCUT2D eigenvalue weighted by atomic mass is 16.2. The molecule has 147 valence electrons. The second kappa shape index (κ2) is 9.02. The number of rotatable bonds is 8. The van der Waals surface area contributed by atoms with Crippen molar-refractivity contribution in [2.75, 3.05) is 6.54 Å². The van der Waals surface area contributed by atoms with Crippen LogP contribution in [0.25, 0.3) is 0 Å². The van der Waals surface area contributed by atoms with Crippen molar-refractivity contribution in [2.45, 2.75) is 45.2 Å². The molecule has 2 amide bonds. The van der Waals surface area contributed by atoms with Gasteiger partial charge in [0.2, 0.25) is 6.29 Å². The van der Waals surface area contributed by atoms with E-state index >= 15 is 0 Å². The molecule has 1 fully saturated rings. The Bertz CT molecular complexity index is 808. The van der Waals surface area contributed by atoms with Crippen LogP contribution in [-0.4, -0.2) is 24.9 Å². The molecule has 0 saturated heterocycles. The zero-order chi connectivity index (χ0) is 20.1. The van der Waals surface area contributed by atoms with Gasteiger partial charge >= 0.3 is 6.03 Å². The maximum atomic E-state index is 12.4. The number of nitrogens with two attached hydrogens (primary N) is 1. The Balaban J connectivity index is 1.53. The molecule has 0 bridgehead atoms. The first-order chi connectivity index (χ1) is 13.5. The van der Waals surface area contributed by atoms with Gasteiger partial charge in [-0.3, -0.25) is 4.79 Å². The minimum Gasteiger partial charge on any atom is -0.337 e. The van der Waals surface area contributed by atoms with Crippen LogP contribution < -0.4 is 16.4 Å². The van der Waals surface area contributed by atoms with Gasteiger partial charge in [-0.15, -0.1) is 0 Å². The Morgan fingerprint density at radius 1 is 1.18 bits per heavy atom. The number of amides is 2. The zero-order valence-electron chi connectivity index (χ0n) is 16.5. The number of aryl methyl sites for hydroxylation is 2. The molecule has 0 aromatic heterocycles. The number of benzene rings is 2. The highest BCUT2D eigenvalue weighted by Gasteiger charge is 2.33. The SMILES string of the molecule is Cc1cc([C]=O)cc(C)c1C[C@H](N)CNC(=O)N[C@H](c1ccccc1)C1CC1. The van der Waals surface area contributed by atoms with E-state index in [9.17, 15) is 9.59 Å². The van der Waals surface area contributed by atoms with Crippen LogP contribution in [-0.2, 0) is 11.2 Å². The minimum absolute atomic E-state index is 0.0500. The van der Waals surface area contributed by atoms with Crippen molar-refractivity contribution in [3.8, 4) is 0 Å². The van der Waals surface area contributed by atoms with Gasteiger partial charge in [-0.2, -0.15) is 0 Å². The Labute approximate surface area is 166 Å². The standard InChI is InChI=1S/C23H28N3O2/c1-15-10-17(14-27)11-16(2)21(15)12-20(24)13-25-23(28)26-22(19-8-9-19)18-6-4-3-5-7-18/h3-7,10-11,19-20,22H,8-9,12-13,24H2,1-2H3,(H2,25,26,28)/t20-,22+/m0/s1. The number of hydrogen-bond acceptors (Lipinski definition) is 3. The first-order valence-corrected chi connectivity index (χ1v) is 9.81. The molecule has 0 aliphatic heterocycles. The summed E-state index contributed by atoms with van der Waals surface area (Å²) in [5.41, 5.74) is 11.1. The van der Waals surface area contributed by atoms with Crippen molar-refractivity contribution >= 4 is 12.3 Å². The lowest BCUT2D eigenvalue weighted by molar-refractivity contribution is 0.234. The molecule has 2 atom stereocenters. The number of nitrogens with one attached hydrogen (secondary N) is 2. The molecule has 28 heavy (non-hydrogen) atoms. The van der Waals surface area contributed by atoms with Gasteiger partial charge in [0.25, 0.3) is 0 Å². The van der Waals surface area contributed by atoms with Gasteiger partial charge in [0.1, 0.15) is 0 Å². The van der Waals surface area contributed by atoms with E-state index in [2.05, 4.69) is 22.8 Å². The quantitative estimate of drug-likeness (QED) is 0.660. The van der Waals surface area contributed by atoms with Crippen molar-refractivity contribution < 1.29 is 9.59 Å². The van der Waals surface area contributed by atoms with E-state index in [4.69, 9.17) is 5.73 Å². The van der Waals surface area contributed by atoms with Crippen LogP contribution >= 0.6 is 0 Å². The second-order valence-electron chi connectivity index (χ2n) is 7.74. The molecule has 3 rings (SSSR count). The van der Waals surface area contributed by atoms with E-state index < -0.39 is 0 Å². The molecule has 1 saturated carbocycles. The topological polar surface area (TPSA) is 84.2 Å². The van der Waals surface area contributed by atoms with Crippen molar-refractivity contribution in [1.82, 2.24) is 10.6 Å². The Morgan fingerprint density at radius 2 is 1.82 bits per heavy atom. The first kappa shape index (κ1) is 20.1. The molecule has 4 N–H and O–H groups in total. The minimum atomic E-state index is -0.203. The van der Waals surface area contributed by atoms with E-state index in [0.717, 1.165) is 35.1 Å². The molecule has 0 heterocycles. The third-order valence-corrected chi connectivity index (χ3v) is 5.34. The van der Waals surface area contributed by atoms with Gasteiger partial charge in [-0.1, -0.05) is 30.3 Å². The van der Waals surface area contributed by atoms with Crippen LogP contribution in [0.1, 0.15) is 46.7 Å². The largest absolute Gasteiger partial charge is 0.337 e. The smallest absolute Gasteiger partial charge is 0.315 e. The van der Waals surface area contributed by atoms with Gasteiger partial charge in [0.05, 0.1) is 6.04 Å². The highest BCUT2D eigenvalue weighted by molar-refractivity contribution is 5.76. The molecule has 1 aliphatic carbocycles. The third kappa shape index (κ3) is 5.20. The summed E-state index contributed by atoms with van der Waals surface area (Å²) in [6.07, 6.45) is 4.86. The molecule has 1 radical (unpaired) electrons. The summed E-state index contributed by atoms with van der Waals surface area (Å²) in [5, 5.41) is 6.01. The van der Waals surface area contributed by atoms with Crippen LogP contribution in [0.5, 0.6) is 0 Å². The van der Waals surface area contributed by atoms with Crippen LogP contribution in [0.3, 0.4) is 0 Å². The van der Waals surface area contributed by atoms with E-state index in [1.165, 1.54) is 0 Å². The van der Waals surface area contributed by atoms with Crippen LogP contribution in [0.4, 0.5) is 4.79 Å². The van der Waals surface area contributed by atoms with Crippen LogP contribution in [0.2, 0.25) is 0 Å². The Morgan fingerprint density at radius 3 is 2.39 bits per heavy atom. The molecule has 2 aromatic carbocycles. The van der Waals surface area contributed by atoms with E-state index in [0.29, 0.717) is 24.4 Å². The third-order valence-electron chi connectivity index (χ3n) is 5.34. The zero-order valence-corrected chi connectivity index (χ0v) is 16.5. The molecule has 0 unspecified atom stereocenters. The van der Waals surface area contributed by atoms with Gasteiger partial charge in [-0.05, 0) is 73.4 Å². The monoisotopic (exact) mass is 378 g/mol. The molecule has 5 heteroatoms. The molecule has 2 aromatic rings. The van der Waals surface area contributed by atoms with Crippen molar-refractivity contribution in [3.63, 3.8) is 0 Å². The molecule has 5 nitrogen and oxygen atoms in total. The maximum Gasteiger partial charge on any atom is 0.315 e. The Hall–Kier alpha value is -2.66. The number of urea groups is 1. The fourth-order valence-electron chi connectivity index (χ4n) is 3.69. The second-order valence-corrected chi connectivity index (χ2v) is 7.74. The summed E-state index contributed by atoms with van der Waals surface area (Å²) < 4.78 is 0. The van der Waals surface area contributed by atoms with Gasteiger partial charge in [0.15, 0.2) is 0 Å². The average molecular weight is 378 g/mol. The fourth-order valence-corrected chi connectivity index (χ4v) is 3.69. The highest BCUT2D eigenvalue weighted by Crippen LogP contribution is 2.40. The van der Waals surface area contributed by atoms with E-state index in [-0.39, 0.29) is 18.1 Å². The van der Waals surface area contributed by atoms with E-state index in [1.54, 1.807) is 0 Å². The average Bonchev–Trinajstić information content (AvgIpc) is 3.53. The number of carbonyl (C=O) groups is 1. The number of hydrogen-bond donors (Lipinski definition) is 3. The lowest BCUT2D eigenvalue weighted by Crippen LogP contribution is -2.44. The van der Waals surface area contributed by atoms with Gasteiger partial charge < -0.3 is 16.4 Å². The first-order valence-electron chi connectivity index (χ1n) is 9.81. The van der Waals surface area contributed by atoms with Crippen LogP contribution in [0, 0.1) is 19.8 Å². The van der Waals surface area contributed by atoms with Crippen molar-refractivity contribution in [3.05, 3.63) is 70.3 Å². The molecular formula is C23H28N3O2. The maximum absolute atomic E-state index is 12.4. The lowest BCUT2D eigenvalue weighted by Gasteiger charge is -2.21. The summed E-state index contributed by atoms with van der Waals surface area (Å²) in [7, 11) is 0. The summed E-state index contributed by atoms with van der Waals surface area (Å²) in [4.78, 5) is 23.3. The van der Waals surface area contributed by atoms with Crippen LogP contribution in [0.15, 0.2) is 42.5 Å². The number of carbonyl (C=O) groups excluding carboxylic acids is 2. The lowest BCUT2D eigenvalue weighted by atomic mass is 9.94. The van der Waals surface area contributed by atoms with Gasteiger partial charge in [-0.25, -0.2) is 4.79 Å². The summed E-state index contributed by atoms with van der Waals surface area (Å²) in [6.45, 7) is 4.32. The summed E-state index contributed by atoms with van der Waals surface area (Å²) >= 11 is 0. The molecular weight excluding hydrogens is 350 g/mol. The summed E-state index contributed by atoms with van der Waals surface area (Å²) in [6, 6.07) is 13.4. The van der Waals surface area contributed by atoms with Crippen molar-refractivity contribution in [1.29, 1.82) is 0 Å². The van der Waals surface area contributed by atoms with Gasteiger partial charge in [0, 0.05) is 18.2 Å². The normalized spacial score (nSPS) is 15.5. The van der Waals surface area contributed by atoms with Crippen molar-refractivity contribution in [2.24, 2.45) is 11.7 Å². The van der Waals surface area contributed by atoms with E-state index in [1.807, 2.05) is 50.5 Å². The molecule has 1 aliphatic rings. The fraction of sp³-hybridized carbons (Fsp3) is 0.391. The predicted molar refractivity (Wildman–Crippen MR) is 111 cm³/mol. The summed E-state index contributed by atoms with van der Waals surface area (Å²) in [5.74, 6) is 0.514.